The molecule has 1 aromatic carbocycles. The van der Waals surface area contributed by atoms with Crippen LogP contribution in [0.3, 0.4) is 0 Å². The zero-order valence-electron chi connectivity index (χ0n) is 9.79. The number of halogens is 4. The van der Waals surface area contributed by atoms with E-state index in [1.54, 1.807) is 0 Å². The molecule has 2 N–H and O–H groups in total. The molecule has 0 aromatic heterocycles. The van der Waals surface area contributed by atoms with Crippen molar-refractivity contribution in [3.05, 3.63) is 28.8 Å². The van der Waals surface area contributed by atoms with Crippen molar-refractivity contribution < 1.29 is 27.8 Å². The summed E-state index contributed by atoms with van der Waals surface area (Å²) in [6.45, 7) is -0.946. The second-order valence-corrected chi connectivity index (χ2v) is 4.05. The molecule has 4 nitrogen and oxygen atoms in total. The van der Waals surface area contributed by atoms with Gasteiger partial charge in [0, 0.05) is 5.02 Å². The summed E-state index contributed by atoms with van der Waals surface area (Å²) in [4.78, 5) is 11.7. The molecule has 1 amide bonds. The largest absolute Gasteiger partial charge is 0.496 e. The average Bonchev–Trinajstić information content (AvgIpc) is 2.34. The number of aliphatic hydroxyl groups excluding tert-OH is 1. The van der Waals surface area contributed by atoms with Gasteiger partial charge < -0.3 is 15.2 Å². The molecule has 19 heavy (non-hydrogen) atoms. The number of carbonyl (C=O) groups is 1. The molecule has 0 saturated carbocycles. The third-order valence-corrected chi connectivity index (χ3v) is 2.48. The SMILES string of the molecule is COc1ccc(Cl)cc1C(=O)NCC(O)C(F)(F)F. The Bertz CT molecular complexity index is 465. The van der Waals surface area contributed by atoms with Gasteiger partial charge in [0.05, 0.1) is 19.2 Å². The van der Waals surface area contributed by atoms with E-state index in [2.05, 4.69) is 0 Å². The Morgan fingerprint density at radius 1 is 1.53 bits per heavy atom. The number of aliphatic hydroxyl groups is 1. The molecular weight excluding hydrogens is 287 g/mol. The minimum Gasteiger partial charge on any atom is -0.496 e. The molecule has 1 rings (SSSR count). The van der Waals surface area contributed by atoms with Crippen LogP contribution in [0.4, 0.5) is 13.2 Å². The summed E-state index contributed by atoms with van der Waals surface area (Å²) in [6, 6.07) is 4.15. The molecule has 0 aliphatic heterocycles. The molecule has 0 heterocycles. The Kier molecular flexibility index (Phi) is 5.02. The molecule has 0 fully saturated rings. The van der Waals surface area contributed by atoms with Gasteiger partial charge in [-0.25, -0.2) is 0 Å². The highest BCUT2D eigenvalue weighted by molar-refractivity contribution is 6.31. The molecule has 0 aliphatic carbocycles. The molecule has 0 radical (unpaired) electrons. The molecular formula is C11H11ClF3NO3. The second kappa shape index (κ2) is 6.12. The first-order valence-electron chi connectivity index (χ1n) is 5.12. The minimum atomic E-state index is -4.79. The Balaban J connectivity index is 2.76. The van der Waals surface area contributed by atoms with Gasteiger partial charge in [-0.1, -0.05) is 11.6 Å². The summed E-state index contributed by atoms with van der Waals surface area (Å²) >= 11 is 5.69. The van der Waals surface area contributed by atoms with Crippen molar-refractivity contribution in [2.24, 2.45) is 0 Å². The zero-order chi connectivity index (χ0) is 14.6. The van der Waals surface area contributed by atoms with Crippen LogP contribution in [0.5, 0.6) is 5.75 Å². The molecule has 0 aliphatic rings. The summed E-state index contributed by atoms with van der Waals surface area (Å²) in [7, 11) is 1.31. The molecule has 106 valence electrons. The van der Waals surface area contributed by atoms with E-state index < -0.39 is 24.7 Å². The Labute approximate surface area is 112 Å². The molecule has 0 bridgehead atoms. The predicted octanol–water partition coefficient (Wildman–Crippen LogP) is 2.00. The van der Waals surface area contributed by atoms with Crippen molar-refractivity contribution in [2.75, 3.05) is 13.7 Å². The van der Waals surface area contributed by atoms with Crippen molar-refractivity contribution in [1.82, 2.24) is 5.32 Å². The summed E-state index contributed by atoms with van der Waals surface area (Å²) in [6.07, 6.45) is -7.41. The second-order valence-electron chi connectivity index (χ2n) is 3.61. The first-order valence-corrected chi connectivity index (χ1v) is 5.50. The summed E-state index contributed by atoms with van der Waals surface area (Å²) in [5.74, 6) is -0.647. The predicted molar refractivity (Wildman–Crippen MR) is 62.4 cm³/mol. The van der Waals surface area contributed by atoms with Crippen LogP contribution in [0.15, 0.2) is 18.2 Å². The van der Waals surface area contributed by atoms with Crippen molar-refractivity contribution in [3.63, 3.8) is 0 Å². The van der Waals surface area contributed by atoms with Crippen molar-refractivity contribution in [1.29, 1.82) is 0 Å². The van der Waals surface area contributed by atoms with Crippen molar-refractivity contribution in [2.45, 2.75) is 12.3 Å². The number of benzene rings is 1. The standard InChI is InChI=1S/C11H11ClF3NO3/c1-19-8-3-2-6(12)4-7(8)10(18)16-5-9(17)11(13,14)15/h2-4,9,17H,5H2,1H3,(H,16,18). The quantitative estimate of drug-likeness (QED) is 0.894. The van der Waals surface area contributed by atoms with Crippen LogP contribution < -0.4 is 10.1 Å². The fraction of sp³-hybridized carbons (Fsp3) is 0.364. The van der Waals surface area contributed by atoms with Crippen LogP contribution in [0.1, 0.15) is 10.4 Å². The van der Waals surface area contributed by atoms with Crippen LogP contribution in [-0.2, 0) is 0 Å². The van der Waals surface area contributed by atoms with E-state index in [4.69, 9.17) is 21.4 Å². The molecule has 1 atom stereocenters. The van der Waals surface area contributed by atoms with Gasteiger partial charge in [0.1, 0.15) is 5.75 Å². The minimum absolute atomic E-state index is 0.00984. The Hall–Kier alpha value is -1.47. The van der Waals surface area contributed by atoms with E-state index in [-0.39, 0.29) is 16.3 Å². The van der Waals surface area contributed by atoms with Crippen LogP contribution in [0.2, 0.25) is 5.02 Å². The third kappa shape index (κ3) is 4.29. The maximum absolute atomic E-state index is 12.1. The number of nitrogens with one attached hydrogen (secondary N) is 1. The zero-order valence-corrected chi connectivity index (χ0v) is 10.5. The smallest absolute Gasteiger partial charge is 0.416 e. The number of ether oxygens (including phenoxy) is 1. The molecule has 0 saturated heterocycles. The highest BCUT2D eigenvalue weighted by Gasteiger charge is 2.38. The maximum atomic E-state index is 12.1. The number of amides is 1. The fourth-order valence-corrected chi connectivity index (χ4v) is 1.43. The van der Waals surface area contributed by atoms with Gasteiger partial charge in [0.2, 0.25) is 0 Å². The average molecular weight is 298 g/mol. The number of rotatable bonds is 4. The number of methoxy groups -OCH3 is 1. The van der Waals surface area contributed by atoms with Gasteiger partial charge in [-0.15, -0.1) is 0 Å². The molecule has 1 unspecified atom stereocenters. The number of alkyl halides is 3. The number of carbonyl (C=O) groups excluding carboxylic acids is 1. The lowest BCUT2D eigenvalue weighted by Crippen LogP contribution is -2.40. The van der Waals surface area contributed by atoms with Gasteiger partial charge in [0.25, 0.3) is 5.91 Å². The van der Waals surface area contributed by atoms with Crippen molar-refractivity contribution in [3.8, 4) is 5.75 Å². The van der Waals surface area contributed by atoms with E-state index in [9.17, 15) is 18.0 Å². The van der Waals surface area contributed by atoms with Crippen LogP contribution in [-0.4, -0.2) is 36.9 Å². The molecule has 1 aromatic rings. The topological polar surface area (TPSA) is 58.6 Å². The van der Waals surface area contributed by atoms with Gasteiger partial charge in [-0.05, 0) is 18.2 Å². The summed E-state index contributed by atoms with van der Waals surface area (Å²) in [5.41, 5.74) is -0.00984. The number of hydrogen-bond acceptors (Lipinski definition) is 3. The lowest BCUT2D eigenvalue weighted by atomic mass is 10.2. The highest BCUT2D eigenvalue weighted by atomic mass is 35.5. The van der Waals surface area contributed by atoms with Crippen LogP contribution in [0, 0.1) is 0 Å². The maximum Gasteiger partial charge on any atom is 0.416 e. The fourth-order valence-electron chi connectivity index (χ4n) is 1.26. The van der Waals surface area contributed by atoms with Gasteiger partial charge in [-0.3, -0.25) is 4.79 Å². The highest BCUT2D eigenvalue weighted by Crippen LogP contribution is 2.23. The van der Waals surface area contributed by atoms with Crippen LogP contribution in [0.25, 0.3) is 0 Å². The lowest BCUT2D eigenvalue weighted by molar-refractivity contribution is -0.201. The van der Waals surface area contributed by atoms with E-state index in [1.807, 2.05) is 5.32 Å². The van der Waals surface area contributed by atoms with E-state index in [0.717, 1.165) is 0 Å². The van der Waals surface area contributed by atoms with Crippen molar-refractivity contribution >= 4 is 17.5 Å². The van der Waals surface area contributed by atoms with Gasteiger partial charge >= 0.3 is 6.18 Å². The third-order valence-electron chi connectivity index (χ3n) is 2.24. The van der Waals surface area contributed by atoms with E-state index in [0.29, 0.717) is 0 Å². The van der Waals surface area contributed by atoms with Crippen LogP contribution >= 0.6 is 11.6 Å². The molecule has 0 spiro atoms. The Morgan fingerprint density at radius 3 is 2.68 bits per heavy atom. The lowest BCUT2D eigenvalue weighted by Gasteiger charge is -2.15. The van der Waals surface area contributed by atoms with Gasteiger partial charge in [-0.2, -0.15) is 13.2 Å². The summed E-state index contributed by atoms with van der Waals surface area (Å²) < 4.78 is 41.1. The monoisotopic (exact) mass is 297 g/mol. The first kappa shape index (κ1) is 15.6. The van der Waals surface area contributed by atoms with Gasteiger partial charge in [0.15, 0.2) is 6.10 Å². The first-order chi connectivity index (χ1) is 8.75. The molecule has 8 heteroatoms. The van der Waals surface area contributed by atoms with E-state index >= 15 is 0 Å². The summed E-state index contributed by atoms with van der Waals surface area (Å²) in [5, 5.41) is 11.0. The number of hydrogen-bond donors (Lipinski definition) is 2. The normalized spacial score (nSPS) is 12.9. The van der Waals surface area contributed by atoms with E-state index in [1.165, 1.54) is 25.3 Å². The Morgan fingerprint density at radius 2 is 2.16 bits per heavy atom.